The molecule has 1 saturated heterocycles. The quantitative estimate of drug-likeness (QED) is 0.600. The molecule has 3 rings (SSSR count). The number of oxime groups is 1. The molecule has 1 aliphatic rings. The number of hydrogen-bond acceptors (Lipinski definition) is 6. The largest absolute Gasteiger partial charge is 0.394 e. The van der Waals surface area contributed by atoms with E-state index in [1.54, 1.807) is 18.6 Å². The van der Waals surface area contributed by atoms with E-state index in [9.17, 15) is 0 Å². The maximum Gasteiger partial charge on any atom is 0.225 e. The first kappa shape index (κ1) is 15.0. The summed E-state index contributed by atoms with van der Waals surface area (Å²) < 4.78 is 2.72. The fourth-order valence-corrected chi connectivity index (χ4v) is 2.43. The Kier molecular flexibility index (Phi) is 4.99. The zero-order valence-electron chi connectivity index (χ0n) is 12.1. The van der Waals surface area contributed by atoms with Crippen LogP contribution in [0.15, 0.2) is 40.5 Å². The van der Waals surface area contributed by atoms with Gasteiger partial charge in [-0.2, -0.15) is 5.10 Å². The van der Waals surface area contributed by atoms with Gasteiger partial charge in [-0.05, 0) is 22.0 Å². The van der Waals surface area contributed by atoms with Crippen LogP contribution in [0.5, 0.6) is 0 Å². The summed E-state index contributed by atoms with van der Waals surface area (Å²) >= 11 is 3.34. The number of anilines is 1. The number of rotatable bonds is 5. The summed E-state index contributed by atoms with van der Waals surface area (Å²) in [5, 5.41) is 8.34. The van der Waals surface area contributed by atoms with E-state index in [4.69, 9.17) is 4.84 Å². The molecule has 22 heavy (non-hydrogen) atoms. The van der Waals surface area contributed by atoms with Crippen LogP contribution in [0.3, 0.4) is 0 Å². The maximum atomic E-state index is 5.37. The number of halogens is 1. The van der Waals surface area contributed by atoms with Crippen LogP contribution in [0.2, 0.25) is 0 Å². The molecule has 0 radical (unpaired) electrons. The molecule has 2 aromatic heterocycles. The minimum absolute atomic E-state index is 0.532. The van der Waals surface area contributed by atoms with Crippen LogP contribution in [0.4, 0.5) is 5.95 Å². The zero-order valence-corrected chi connectivity index (χ0v) is 13.7. The normalized spacial score (nSPS) is 15.0. The van der Waals surface area contributed by atoms with E-state index >= 15 is 0 Å². The Morgan fingerprint density at radius 1 is 1.23 bits per heavy atom. The van der Waals surface area contributed by atoms with Gasteiger partial charge in [0.1, 0.15) is 6.61 Å². The van der Waals surface area contributed by atoms with E-state index in [0.717, 1.165) is 42.1 Å². The van der Waals surface area contributed by atoms with Gasteiger partial charge in [-0.25, -0.2) is 9.97 Å². The van der Waals surface area contributed by atoms with Crippen molar-refractivity contribution in [3.63, 3.8) is 0 Å². The van der Waals surface area contributed by atoms with Crippen molar-refractivity contribution in [2.45, 2.75) is 19.4 Å². The summed E-state index contributed by atoms with van der Waals surface area (Å²) in [5.74, 6) is 0.766. The lowest BCUT2D eigenvalue weighted by atomic mass is 10.1. The molecular formula is C14H17BrN6O. The second-order valence-electron chi connectivity index (χ2n) is 4.95. The second kappa shape index (κ2) is 7.35. The van der Waals surface area contributed by atoms with Crippen molar-refractivity contribution in [1.29, 1.82) is 0 Å². The fraction of sp³-hybridized carbons (Fsp3) is 0.429. The van der Waals surface area contributed by atoms with E-state index < -0.39 is 0 Å². The van der Waals surface area contributed by atoms with Gasteiger partial charge in [0.15, 0.2) is 0 Å². The Labute approximate surface area is 137 Å². The van der Waals surface area contributed by atoms with Crippen LogP contribution in [0, 0.1) is 0 Å². The molecule has 0 bridgehead atoms. The molecule has 8 heteroatoms. The average molecular weight is 365 g/mol. The highest BCUT2D eigenvalue weighted by Crippen LogP contribution is 2.15. The molecule has 0 N–H and O–H groups in total. The average Bonchev–Trinajstić information content (AvgIpc) is 3.06. The van der Waals surface area contributed by atoms with Gasteiger partial charge < -0.3 is 9.74 Å². The molecule has 0 unspecified atom stereocenters. The Hall–Kier alpha value is -1.96. The smallest absolute Gasteiger partial charge is 0.225 e. The Morgan fingerprint density at radius 2 is 2.00 bits per heavy atom. The van der Waals surface area contributed by atoms with Crippen molar-refractivity contribution in [3.05, 3.63) is 35.3 Å². The molecule has 1 aliphatic heterocycles. The van der Waals surface area contributed by atoms with Gasteiger partial charge >= 0.3 is 0 Å². The molecule has 0 spiro atoms. The van der Waals surface area contributed by atoms with E-state index in [-0.39, 0.29) is 0 Å². The van der Waals surface area contributed by atoms with Crippen LogP contribution < -0.4 is 4.90 Å². The molecule has 0 amide bonds. The number of hydrogen-bond donors (Lipinski definition) is 0. The summed E-state index contributed by atoms with van der Waals surface area (Å²) in [5.41, 5.74) is 1.09. The molecule has 1 fully saturated rings. The molecule has 7 nitrogen and oxygen atoms in total. The van der Waals surface area contributed by atoms with Gasteiger partial charge in [0.2, 0.25) is 5.95 Å². The predicted octanol–water partition coefficient (Wildman–Crippen LogP) is 2.11. The molecule has 3 heterocycles. The van der Waals surface area contributed by atoms with Crippen molar-refractivity contribution in [1.82, 2.24) is 19.7 Å². The highest BCUT2D eigenvalue weighted by Gasteiger charge is 2.17. The standard InChI is InChI=1S/C14H17BrN6O/c15-12-10-16-14(17-11-12)20-6-2-13(3-7-20)19-22-9-8-21-5-1-4-18-21/h1,4-5,10-11H,2-3,6-9H2. The molecule has 0 aliphatic carbocycles. The number of piperidine rings is 1. The third kappa shape index (κ3) is 4.03. The van der Waals surface area contributed by atoms with Crippen molar-refractivity contribution in [2.24, 2.45) is 5.16 Å². The first-order valence-corrected chi connectivity index (χ1v) is 7.98. The summed E-state index contributed by atoms with van der Waals surface area (Å²) in [4.78, 5) is 16.2. The summed E-state index contributed by atoms with van der Waals surface area (Å²) in [6.45, 7) is 2.97. The van der Waals surface area contributed by atoms with Gasteiger partial charge in [-0.15, -0.1) is 0 Å². The van der Waals surface area contributed by atoms with Crippen LogP contribution >= 0.6 is 15.9 Å². The summed E-state index contributed by atoms with van der Waals surface area (Å²) in [6, 6.07) is 1.89. The minimum atomic E-state index is 0.532. The minimum Gasteiger partial charge on any atom is -0.394 e. The molecular weight excluding hydrogens is 348 g/mol. The SMILES string of the molecule is Brc1cnc(N2CCC(=NOCCn3cccn3)CC2)nc1. The highest BCUT2D eigenvalue weighted by molar-refractivity contribution is 9.10. The van der Waals surface area contributed by atoms with Crippen molar-refractivity contribution >= 4 is 27.6 Å². The number of aromatic nitrogens is 4. The van der Waals surface area contributed by atoms with Crippen LogP contribution in [-0.2, 0) is 11.4 Å². The van der Waals surface area contributed by atoms with Crippen molar-refractivity contribution in [3.8, 4) is 0 Å². The van der Waals surface area contributed by atoms with Crippen LogP contribution in [-0.4, -0.2) is 45.2 Å². The first-order valence-electron chi connectivity index (χ1n) is 7.19. The van der Waals surface area contributed by atoms with Crippen molar-refractivity contribution < 1.29 is 4.84 Å². The first-order chi connectivity index (χ1) is 10.8. The predicted molar refractivity (Wildman–Crippen MR) is 86.8 cm³/mol. The summed E-state index contributed by atoms with van der Waals surface area (Å²) in [6.07, 6.45) is 8.95. The monoisotopic (exact) mass is 364 g/mol. The van der Waals surface area contributed by atoms with Gasteiger partial charge in [-0.3, -0.25) is 4.68 Å². The molecule has 0 saturated carbocycles. The topological polar surface area (TPSA) is 68.4 Å². The van der Waals surface area contributed by atoms with Gasteiger partial charge in [0.25, 0.3) is 0 Å². The lowest BCUT2D eigenvalue weighted by Crippen LogP contribution is -2.35. The third-order valence-electron chi connectivity index (χ3n) is 3.39. The molecule has 0 aromatic carbocycles. The summed E-state index contributed by atoms with van der Waals surface area (Å²) in [7, 11) is 0. The molecule has 0 atom stereocenters. The lowest BCUT2D eigenvalue weighted by Gasteiger charge is -2.27. The maximum absolute atomic E-state index is 5.37. The Bertz CT molecular complexity index is 603. The highest BCUT2D eigenvalue weighted by atomic mass is 79.9. The molecule has 2 aromatic rings. The zero-order chi connectivity index (χ0) is 15.2. The van der Waals surface area contributed by atoms with Gasteiger partial charge in [0.05, 0.1) is 16.7 Å². The van der Waals surface area contributed by atoms with E-state index in [1.807, 2.05) is 16.9 Å². The van der Waals surface area contributed by atoms with Gasteiger partial charge in [0, 0.05) is 50.7 Å². The second-order valence-corrected chi connectivity index (χ2v) is 5.86. The number of nitrogens with zero attached hydrogens (tertiary/aromatic N) is 6. The van der Waals surface area contributed by atoms with E-state index in [0.29, 0.717) is 13.2 Å². The Morgan fingerprint density at radius 3 is 2.68 bits per heavy atom. The van der Waals surface area contributed by atoms with E-state index in [1.165, 1.54) is 0 Å². The molecule has 116 valence electrons. The lowest BCUT2D eigenvalue weighted by molar-refractivity contribution is 0.131. The van der Waals surface area contributed by atoms with E-state index in [2.05, 4.69) is 41.1 Å². The van der Waals surface area contributed by atoms with Crippen LogP contribution in [0.25, 0.3) is 0 Å². The van der Waals surface area contributed by atoms with Crippen LogP contribution in [0.1, 0.15) is 12.8 Å². The van der Waals surface area contributed by atoms with Gasteiger partial charge in [-0.1, -0.05) is 5.16 Å². The third-order valence-corrected chi connectivity index (χ3v) is 3.80. The fourth-order valence-electron chi connectivity index (χ4n) is 2.23. The Balaban J connectivity index is 1.43. The van der Waals surface area contributed by atoms with Crippen molar-refractivity contribution in [2.75, 3.05) is 24.6 Å².